The second kappa shape index (κ2) is 13.2. The molecule has 9 heteroatoms. The van der Waals surface area contributed by atoms with Gasteiger partial charge in [0.1, 0.15) is 5.82 Å². The van der Waals surface area contributed by atoms with E-state index in [1.165, 1.54) is 31.4 Å². The maximum absolute atomic E-state index is 13.1. The Kier molecular flexibility index (Phi) is 11.0. The summed E-state index contributed by atoms with van der Waals surface area (Å²) in [6, 6.07) is 6.53. The molecule has 1 aromatic carbocycles. The van der Waals surface area contributed by atoms with Gasteiger partial charge in [0.15, 0.2) is 5.96 Å². The van der Waals surface area contributed by atoms with Crippen molar-refractivity contribution in [2.24, 2.45) is 10.4 Å². The molecule has 0 spiro atoms. The number of methoxy groups -OCH3 is 1. The number of anilines is 1. The number of aliphatic imine (C=N–C) groups is 1. The summed E-state index contributed by atoms with van der Waals surface area (Å²) in [5.74, 6) is 0.669. The highest BCUT2D eigenvalue weighted by Gasteiger charge is 2.36. The number of rotatable bonds is 9. The Bertz CT molecular complexity index is 734. The van der Waals surface area contributed by atoms with Crippen LogP contribution < -0.4 is 15.5 Å². The van der Waals surface area contributed by atoms with Crippen LogP contribution in [-0.2, 0) is 9.53 Å². The molecule has 32 heavy (non-hydrogen) atoms. The van der Waals surface area contributed by atoms with Crippen molar-refractivity contribution in [1.82, 2.24) is 15.5 Å². The summed E-state index contributed by atoms with van der Waals surface area (Å²) in [4.78, 5) is 21.0. The number of carbonyl (C=O) groups is 1. The van der Waals surface area contributed by atoms with E-state index in [2.05, 4.69) is 20.5 Å². The van der Waals surface area contributed by atoms with Crippen molar-refractivity contribution in [3.63, 3.8) is 0 Å². The zero-order chi connectivity index (χ0) is 22.1. The monoisotopic (exact) mass is 561 g/mol. The van der Waals surface area contributed by atoms with Gasteiger partial charge >= 0.3 is 0 Å². The second-order valence-corrected chi connectivity index (χ2v) is 8.54. The van der Waals surface area contributed by atoms with Crippen molar-refractivity contribution in [3.8, 4) is 0 Å². The lowest BCUT2D eigenvalue weighted by molar-refractivity contribution is -0.131. The molecule has 1 saturated heterocycles. The zero-order valence-electron chi connectivity index (χ0n) is 19.2. The van der Waals surface area contributed by atoms with Crippen molar-refractivity contribution in [2.45, 2.75) is 32.1 Å². The molecule has 3 rings (SSSR count). The van der Waals surface area contributed by atoms with Crippen molar-refractivity contribution >= 4 is 41.5 Å². The standard InChI is InChI=1S/C23H36FN5O2.HI/c1-25-22(27-18-23(9-3-10-23)11-17-31-2)26-12-8-21(30)29-15-13-28(14-16-29)20-6-4-19(24)5-7-20;/h4-7H,3,8-18H2,1-2H3,(H2,25,26,27);1H. The summed E-state index contributed by atoms with van der Waals surface area (Å²) in [5, 5.41) is 6.70. The van der Waals surface area contributed by atoms with E-state index in [1.54, 1.807) is 26.3 Å². The van der Waals surface area contributed by atoms with Crippen LogP contribution in [0.15, 0.2) is 29.3 Å². The lowest BCUT2D eigenvalue weighted by atomic mass is 9.67. The first-order valence-corrected chi connectivity index (χ1v) is 11.3. The summed E-state index contributed by atoms with van der Waals surface area (Å²) in [6.45, 7) is 5.12. The van der Waals surface area contributed by atoms with Crippen LogP contribution in [0.4, 0.5) is 10.1 Å². The highest BCUT2D eigenvalue weighted by molar-refractivity contribution is 14.0. The summed E-state index contributed by atoms with van der Waals surface area (Å²) >= 11 is 0. The molecule has 0 unspecified atom stereocenters. The molecule has 0 bridgehead atoms. The molecule has 1 heterocycles. The number of guanidine groups is 1. The number of nitrogens with zero attached hydrogens (tertiary/aromatic N) is 3. The molecule has 180 valence electrons. The predicted octanol–water partition coefficient (Wildman–Crippen LogP) is 2.85. The van der Waals surface area contributed by atoms with Gasteiger partial charge in [0.2, 0.25) is 5.91 Å². The molecule has 1 aliphatic heterocycles. The number of halogens is 2. The zero-order valence-corrected chi connectivity index (χ0v) is 21.6. The lowest BCUT2D eigenvalue weighted by Crippen LogP contribution is -2.50. The van der Waals surface area contributed by atoms with Crippen LogP contribution in [0.3, 0.4) is 0 Å². The van der Waals surface area contributed by atoms with Gasteiger partial charge < -0.3 is 25.2 Å². The quantitative estimate of drug-likeness (QED) is 0.276. The molecule has 1 aromatic rings. The molecule has 0 aromatic heterocycles. The number of carbonyl (C=O) groups excluding carboxylic acids is 1. The molecule has 2 aliphatic rings. The van der Waals surface area contributed by atoms with Crippen LogP contribution in [-0.4, -0.2) is 76.8 Å². The molecule has 0 radical (unpaired) electrons. The van der Waals surface area contributed by atoms with Gasteiger partial charge in [0.05, 0.1) is 0 Å². The van der Waals surface area contributed by atoms with E-state index >= 15 is 0 Å². The third kappa shape index (κ3) is 7.47. The Balaban J connectivity index is 0.00000363. The van der Waals surface area contributed by atoms with Gasteiger partial charge in [-0.25, -0.2) is 4.39 Å². The lowest BCUT2D eigenvalue weighted by Gasteiger charge is -2.42. The Morgan fingerprint density at radius 2 is 1.84 bits per heavy atom. The van der Waals surface area contributed by atoms with E-state index in [4.69, 9.17) is 4.74 Å². The highest BCUT2D eigenvalue weighted by Crippen LogP contribution is 2.43. The van der Waals surface area contributed by atoms with Gasteiger partial charge in [-0.1, -0.05) is 6.42 Å². The van der Waals surface area contributed by atoms with Gasteiger partial charge in [-0.2, -0.15) is 0 Å². The fraction of sp³-hybridized carbons (Fsp3) is 0.652. The maximum atomic E-state index is 13.1. The number of hydrogen-bond donors (Lipinski definition) is 2. The Labute approximate surface area is 208 Å². The smallest absolute Gasteiger partial charge is 0.224 e. The Morgan fingerprint density at radius 3 is 2.41 bits per heavy atom. The summed E-state index contributed by atoms with van der Waals surface area (Å²) in [5.41, 5.74) is 1.31. The van der Waals surface area contributed by atoms with E-state index in [0.717, 1.165) is 44.3 Å². The summed E-state index contributed by atoms with van der Waals surface area (Å²) < 4.78 is 18.4. The molecule has 2 fully saturated rings. The maximum Gasteiger partial charge on any atom is 0.224 e. The van der Waals surface area contributed by atoms with Crippen molar-refractivity contribution in [1.29, 1.82) is 0 Å². The van der Waals surface area contributed by atoms with Gasteiger partial charge in [-0.05, 0) is 48.9 Å². The first kappa shape index (κ1) is 26.6. The number of amides is 1. The van der Waals surface area contributed by atoms with Crippen LogP contribution in [0, 0.1) is 11.2 Å². The van der Waals surface area contributed by atoms with Crippen LogP contribution in [0.5, 0.6) is 0 Å². The van der Waals surface area contributed by atoms with Crippen LogP contribution in [0.25, 0.3) is 0 Å². The van der Waals surface area contributed by atoms with Crippen molar-refractivity contribution < 1.29 is 13.9 Å². The van der Waals surface area contributed by atoms with Gasteiger partial charge in [0.25, 0.3) is 0 Å². The van der Waals surface area contributed by atoms with E-state index < -0.39 is 0 Å². The molecular formula is C23H37FIN5O2. The van der Waals surface area contributed by atoms with Gasteiger partial charge in [-0.3, -0.25) is 9.79 Å². The minimum atomic E-state index is -0.229. The van der Waals surface area contributed by atoms with Crippen LogP contribution in [0.1, 0.15) is 32.1 Å². The van der Waals surface area contributed by atoms with Crippen molar-refractivity contribution in [2.75, 3.05) is 64.9 Å². The largest absolute Gasteiger partial charge is 0.385 e. The Hall–Kier alpha value is -1.62. The normalized spacial score (nSPS) is 17.9. The number of hydrogen-bond acceptors (Lipinski definition) is 4. The topological polar surface area (TPSA) is 69.2 Å². The number of ether oxygens (including phenoxy) is 1. The summed E-state index contributed by atoms with van der Waals surface area (Å²) in [7, 11) is 3.51. The minimum Gasteiger partial charge on any atom is -0.385 e. The number of benzene rings is 1. The first-order chi connectivity index (χ1) is 15.0. The van der Waals surface area contributed by atoms with Gasteiger partial charge in [-0.15, -0.1) is 24.0 Å². The molecule has 0 atom stereocenters. The third-order valence-corrected chi connectivity index (χ3v) is 6.56. The number of piperazine rings is 1. The highest BCUT2D eigenvalue weighted by atomic mass is 127. The average Bonchev–Trinajstić information content (AvgIpc) is 2.77. The third-order valence-electron chi connectivity index (χ3n) is 6.56. The Morgan fingerprint density at radius 1 is 1.16 bits per heavy atom. The molecule has 1 aliphatic carbocycles. The van der Waals surface area contributed by atoms with Gasteiger partial charge in [0, 0.05) is 72.1 Å². The first-order valence-electron chi connectivity index (χ1n) is 11.3. The number of nitrogens with one attached hydrogen (secondary N) is 2. The molecule has 1 amide bonds. The van der Waals surface area contributed by atoms with E-state index in [-0.39, 0.29) is 35.7 Å². The van der Waals surface area contributed by atoms with E-state index in [1.807, 2.05) is 4.90 Å². The average molecular weight is 561 g/mol. The predicted molar refractivity (Wildman–Crippen MR) is 137 cm³/mol. The molecule has 7 nitrogen and oxygen atoms in total. The molecule has 1 saturated carbocycles. The minimum absolute atomic E-state index is 0. The van der Waals surface area contributed by atoms with E-state index in [0.29, 0.717) is 31.5 Å². The van der Waals surface area contributed by atoms with Crippen LogP contribution >= 0.6 is 24.0 Å². The summed E-state index contributed by atoms with van der Waals surface area (Å²) in [6.07, 6.45) is 5.23. The van der Waals surface area contributed by atoms with Crippen LogP contribution in [0.2, 0.25) is 0 Å². The van der Waals surface area contributed by atoms with Crippen molar-refractivity contribution in [3.05, 3.63) is 30.1 Å². The molecule has 2 N–H and O–H groups in total. The SMILES string of the molecule is CN=C(NCCC(=O)N1CCN(c2ccc(F)cc2)CC1)NCC1(CCOC)CCC1.I. The molecular weight excluding hydrogens is 524 g/mol. The fourth-order valence-corrected chi connectivity index (χ4v) is 4.31. The second-order valence-electron chi connectivity index (χ2n) is 8.54. The van der Waals surface area contributed by atoms with E-state index in [9.17, 15) is 9.18 Å². The fourth-order valence-electron chi connectivity index (χ4n) is 4.31.